The van der Waals surface area contributed by atoms with Crippen LogP contribution in [0.3, 0.4) is 0 Å². The van der Waals surface area contributed by atoms with E-state index in [0.29, 0.717) is 18.2 Å². The van der Waals surface area contributed by atoms with E-state index in [9.17, 15) is 14.9 Å². The van der Waals surface area contributed by atoms with Crippen molar-refractivity contribution in [1.29, 1.82) is 5.26 Å². The van der Waals surface area contributed by atoms with Gasteiger partial charge in [0, 0.05) is 11.9 Å². The molecule has 1 fully saturated rings. The lowest BCUT2D eigenvalue weighted by Gasteiger charge is -2.28. The maximum atomic E-state index is 12.9. The van der Waals surface area contributed by atoms with E-state index in [1.54, 1.807) is 6.92 Å². The number of esters is 1. The van der Waals surface area contributed by atoms with Gasteiger partial charge in [-0.15, -0.1) is 0 Å². The summed E-state index contributed by atoms with van der Waals surface area (Å²) in [5.41, 5.74) is 1.20. The van der Waals surface area contributed by atoms with Crippen LogP contribution in [0.2, 0.25) is 0 Å². The second-order valence-corrected chi connectivity index (χ2v) is 7.85. The van der Waals surface area contributed by atoms with Gasteiger partial charge in [0.25, 0.3) is 0 Å². The van der Waals surface area contributed by atoms with Gasteiger partial charge >= 0.3 is 5.97 Å². The third-order valence-electron chi connectivity index (χ3n) is 4.99. The molecule has 6 nitrogen and oxygen atoms in total. The van der Waals surface area contributed by atoms with Crippen molar-refractivity contribution in [2.45, 2.75) is 24.7 Å². The zero-order chi connectivity index (χ0) is 19.4. The summed E-state index contributed by atoms with van der Waals surface area (Å²) in [6, 6.07) is 9.98. The molecule has 3 rings (SSSR count). The van der Waals surface area contributed by atoms with E-state index in [-0.39, 0.29) is 29.8 Å². The van der Waals surface area contributed by atoms with Crippen LogP contribution in [-0.2, 0) is 14.3 Å². The fraction of sp³-hybridized carbons (Fsp3) is 0.450. The van der Waals surface area contributed by atoms with E-state index in [1.807, 2.05) is 36.2 Å². The molecule has 7 heteroatoms. The van der Waals surface area contributed by atoms with Crippen LogP contribution in [0, 0.1) is 17.2 Å². The Bertz CT molecular complexity index is 815. The molecule has 0 bridgehead atoms. The first-order chi connectivity index (χ1) is 13.0. The van der Waals surface area contributed by atoms with Crippen molar-refractivity contribution in [3.05, 3.63) is 34.9 Å². The molecule has 2 aliphatic rings. The normalized spacial score (nSPS) is 23.4. The van der Waals surface area contributed by atoms with E-state index in [1.165, 1.54) is 11.8 Å². The van der Waals surface area contributed by atoms with Gasteiger partial charge in [-0.2, -0.15) is 5.26 Å². The number of piperidine rings is 1. The second kappa shape index (κ2) is 8.59. The standard InChI is InChI=1S/C20H23N3O3S/c1-3-26-20(25)14-7-6-10-23(12-14)13-17(24)15(11-21)19-22(2)16-8-4-5-9-18(16)27-19/h4-5,8-9,14H,3,6-7,10,12-13H2,1-2H3/p+1/b19-15-/t14-/m1/s1. The Labute approximate surface area is 163 Å². The maximum Gasteiger partial charge on any atom is 0.314 e. The van der Waals surface area contributed by atoms with Crippen LogP contribution in [0.1, 0.15) is 19.8 Å². The summed E-state index contributed by atoms with van der Waals surface area (Å²) in [5.74, 6) is -0.505. The Kier molecular flexibility index (Phi) is 6.19. The van der Waals surface area contributed by atoms with Crippen LogP contribution < -0.4 is 9.80 Å². The summed E-state index contributed by atoms with van der Waals surface area (Å²) >= 11 is 1.46. The SMILES string of the molecule is CCOC(=O)[C@@H]1CCC[NH+](CC(=O)/C(C#N)=C2\Sc3ccccc3N2C)C1. The van der Waals surface area contributed by atoms with Crippen LogP contribution in [0.25, 0.3) is 0 Å². The Morgan fingerprint density at radius 3 is 2.89 bits per heavy atom. The number of nitriles is 1. The minimum absolute atomic E-state index is 0.160. The topological polar surface area (TPSA) is 74.8 Å². The molecule has 2 aliphatic heterocycles. The highest BCUT2D eigenvalue weighted by molar-refractivity contribution is 8.03. The van der Waals surface area contributed by atoms with E-state index in [0.717, 1.165) is 34.9 Å². The molecule has 0 saturated carbocycles. The Morgan fingerprint density at radius 2 is 2.19 bits per heavy atom. The number of anilines is 1. The third kappa shape index (κ3) is 4.18. The van der Waals surface area contributed by atoms with Crippen molar-refractivity contribution in [1.82, 2.24) is 0 Å². The number of hydrogen-bond donors (Lipinski definition) is 1. The van der Waals surface area contributed by atoms with Crippen molar-refractivity contribution in [2.75, 3.05) is 38.2 Å². The summed E-state index contributed by atoms with van der Waals surface area (Å²) in [6.07, 6.45) is 1.68. The summed E-state index contributed by atoms with van der Waals surface area (Å²) in [4.78, 5) is 28.9. The molecule has 0 aliphatic carbocycles. The van der Waals surface area contributed by atoms with Gasteiger partial charge in [-0.3, -0.25) is 9.59 Å². The van der Waals surface area contributed by atoms with Gasteiger partial charge in [-0.05, 0) is 31.9 Å². The van der Waals surface area contributed by atoms with Crippen molar-refractivity contribution < 1.29 is 19.2 Å². The smallest absolute Gasteiger partial charge is 0.314 e. The molecular formula is C20H24N3O3S+. The highest BCUT2D eigenvalue weighted by Gasteiger charge is 2.33. The number of rotatable bonds is 5. The number of thioether (sulfide) groups is 1. The Morgan fingerprint density at radius 1 is 1.41 bits per heavy atom. The van der Waals surface area contributed by atoms with Gasteiger partial charge in [-0.25, -0.2) is 0 Å². The predicted octanol–water partition coefficient (Wildman–Crippen LogP) is 1.39. The Balaban J connectivity index is 1.71. The molecule has 1 unspecified atom stereocenters. The number of nitrogens with zero attached hydrogens (tertiary/aromatic N) is 2. The van der Waals surface area contributed by atoms with Gasteiger partial charge in [0.1, 0.15) is 29.1 Å². The fourth-order valence-corrected chi connectivity index (χ4v) is 4.80. The number of Topliss-reactive ketones (excluding diaryl/α,β-unsaturated/α-hetero) is 1. The number of likely N-dealkylation sites (tertiary alicyclic amines) is 1. The summed E-state index contributed by atoms with van der Waals surface area (Å²) in [7, 11) is 1.88. The van der Waals surface area contributed by atoms with Crippen molar-refractivity contribution in [3.8, 4) is 6.07 Å². The molecular weight excluding hydrogens is 362 g/mol. The number of quaternary nitrogens is 1. The van der Waals surface area contributed by atoms with Gasteiger partial charge < -0.3 is 14.5 Å². The number of carbonyl (C=O) groups excluding carboxylic acids is 2. The molecule has 1 aromatic rings. The lowest BCUT2D eigenvalue weighted by molar-refractivity contribution is -0.899. The number of benzene rings is 1. The van der Waals surface area contributed by atoms with E-state index < -0.39 is 0 Å². The van der Waals surface area contributed by atoms with Crippen molar-refractivity contribution in [3.63, 3.8) is 0 Å². The summed E-state index contributed by atoms with van der Waals surface area (Å²) in [5, 5.41) is 10.3. The number of nitrogens with one attached hydrogen (secondary N) is 1. The zero-order valence-electron chi connectivity index (χ0n) is 15.7. The lowest BCUT2D eigenvalue weighted by atomic mass is 9.97. The molecule has 0 radical (unpaired) electrons. The molecule has 0 aromatic heterocycles. The van der Waals surface area contributed by atoms with Crippen molar-refractivity contribution in [2.24, 2.45) is 5.92 Å². The second-order valence-electron chi connectivity index (χ2n) is 6.82. The Hall–Kier alpha value is -2.30. The molecule has 2 heterocycles. The number of ether oxygens (including phenoxy) is 1. The minimum atomic E-state index is -0.178. The first-order valence-electron chi connectivity index (χ1n) is 9.23. The number of ketones is 1. The van der Waals surface area contributed by atoms with Crippen molar-refractivity contribution >= 4 is 29.2 Å². The fourth-order valence-electron chi connectivity index (χ4n) is 3.64. The monoisotopic (exact) mass is 386 g/mol. The maximum absolute atomic E-state index is 12.9. The molecule has 1 saturated heterocycles. The molecule has 2 atom stereocenters. The first kappa shape index (κ1) is 19.5. The van der Waals surface area contributed by atoms with E-state index in [4.69, 9.17) is 4.74 Å². The van der Waals surface area contributed by atoms with Gasteiger partial charge in [-0.1, -0.05) is 23.9 Å². The van der Waals surface area contributed by atoms with Crippen LogP contribution in [0.4, 0.5) is 5.69 Å². The summed E-state index contributed by atoms with van der Waals surface area (Å²) < 4.78 is 5.13. The number of para-hydroxylation sites is 1. The molecule has 1 aromatic carbocycles. The highest BCUT2D eigenvalue weighted by atomic mass is 32.2. The zero-order valence-corrected chi connectivity index (χ0v) is 16.5. The molecule has 1 N–H and O–H groups in total. The number of fused-ring (bicyclic) bond motifs is 1. The molecule has 0 amide bonds. The van der Waals surface area contributed by atoms with Gasteiger partial charge in [0.05, 0.1) is 25.4 Å². The number of hydrogen-bond acceptors (Lipinski definition) is 6. The van der Waals surface area contributed by atoms with E-state index >= 15 is 0 Å². The van der Waals surface area contributed by atoms with E-state index in [2.05, 4.69) is 6.07 Å². The summed E-state index contributed by atoms with van der Waals surface area (Å²) in [6.45, 7) is 3.82. The molecule has 142 valence electrons. The molecule has 27 heavy (non-hydrogen) atoms. The average Bonchev–Trinajstić information content (AvgIpc) is 3.00. The lowest BCUT2D eigenvalue weighted by Crippen LogP contribution is -3.14. The highest BCUT2D eigenvalue weighted by Crippen LogP contribution is 2.45. The van der Waals surface area contributed by atoms with Crippen LogP contribution in [0.15, 0.2) is 39.8 Å². The first-order valence-corrected chi connectivity index (χ1v) is 10.0. The quantitative estimate of drug-likeness (QED) is 0.468. The minimum Gasteiger partial charge on any atom is -0.466 e. The average molecular weight is 386 g/mol. The third-order valence-corrected chi connectivity index (χ3v) is 6.23. The van der Waals surface area contributed by atoms with Crippen LogP contribution in [0.5, 0.6) is 0 Å². The van der Waals surface area contributed by atoms with Gasteiger partial charge in [0.15, 0.2) is 0 Å². The number of carbonyl (C=O) groups is 2. The van der Waals surface area contributed by atoms with Crippen LogP contribution >= 0.6 is 11.8 Å². The van der Waals surface area contributed by atoms with Crippen LogP contribution in [-0.4, -0.2) is 45.0 Å². The molecule has 0 spiro atoms. The largest absolute Gasteiger partial charge is 0.466 e. The van der Waals surface area contributed by atoms with Gasteiger partial charge in [0.2, 0.25) is 5.78 Å². The predicted molar refractivity (Wildman–Crippen MR) is 103 cm³/mol.